The summed E-state index contributed by atoms with van der Waals surface area (Å²) < 4.78 is -2.86. The van der Waals surface area contributed by atoms with Gasteiger partial charge in [0.1, 0.15) is 19.5 Å². The summed E-state index contributed by atoms with van der Waals surface area (Å²) in [6.07, 6.45) is 0. The van der Waals surface area contributed by atoms with Crippen LogP contribution in [0.15, 0.2) is 42.8 Å². The number of allylic oxidation sites excluding steroid dienone is 4. The fourth-order valence-electron chi connectivity index (χ4n) is 6.87. The summed E-state index contributed by atoms with van der Waals surface area (Å²) in [6, 6.07) is 5.64. The van der Waals surface area contributed by atoms with Gasteiger partial charge < -0.3 is 0 Å². The molecule has 5 aliphatic carbocycles. The minimum absolute atomic E-state index is 0.0388. The number of fused-ring (bicyclic) bond motifs is 14. The van der Waals surface area contributed by atoms with E-state index in [2.05, 4.69) is 15.9 Å². The Morgan fingerprint density at radius 3 is 1.33 bits per heavy atom. The van der Waals surface area contributed by atoms with Gasteiger partial charge >= 0.3 is 0 Å². The van der Waals surface area contributed by atoms with Crippen molar-refractivity contribution in [2.24, 2.45) is 11.8 Å². The van der Waals surface area contributed by atoms with Crippen LogP contribution in [0.25, 0.3) is 0 Å². The molecule has 4 bridgehead atoms. The van der Waals surface area contributed by atoms with Crippen LogP contribution in [-0.4, -0.2) is 28.2 Å². The quantitative estimate of drug-likeness (QED) is 0.232. The van der Waals surface area contributed by atoms with Gasteiger partial charge in [-0.15, -0.1) is 46.4 Å². The molecule has 2 fully saturated rings. The van der Waals surface area contributed by atoms with Gasteiger partial charge in [-0.1, -0.05) is 115 Å². The third-order valence-electron chi connectivity index (χ3n) is 8.09. The summed E-state index contributed by atoms with van der Waals surface area (Å²) in [5.41, 5.74) is 1.53. The zero-order chi connectivity index (χ0) is 24.5. The van der Waals surface area contributed by atoms with Gasteiger partial charge in [-0.3, -0.25) is 0 Å². The topological polar surface area (TPSA) is 0 Å². The number of alkyl halides is 8. The Morgan fingerprint density at radius 2 is 0.909 bits per heavy atom. The Labute approximate surface area is 258 Å². The number of benzene rings is 1. The summed E-state index contributed by atoms with van der Waals surface area (Å²) in [6.45, 7) is 0. The highest BCUT2D eigenvalue weighted by molar-refractivity contribution is 9.10. The van der Waals surface area contributed by atoms with Crippen molar-refractivity contribution < 1.29 is 0 Å². The van der Waals surface area contributed by atoms with E-state index in [0.29, 0.717) is 0 Å². The van der Waals surface area contributed by atoms with Crippen LogP contribution in [0.4, 0.5) is 0 Å². The fraction of sp³-hybridized carbons (Fsp3) is 0.500. The third-order valence-corrected chi connectivity index (χ3v) is 17.1. The summed E-state index contributed by atoms with van der Waals surface area (Å²) in [5, 5.41) is 0.233. The molecule has 5 aliphatic rings. The normalized spacial score (nSPS) is 50.1. The molecular formula is C20H7BrCl12. The first-order valence-electron chi connectivity index (χ1n) is 9.43. The highest BCUT2D eigenvalue weighted by atomic mass is 79.9. The lowest BCUT2D eigenvalue weighted by Gasteiger charge is -2.52. The van der Waals surface area contributed by atoms with Gasteiger partial charge in [0.25, 0.3) is 0 Å². The van der Waals surface area contributed by atoms with Crippen LogP contribution in [0, 0.1) is 11.8 Å². The lowest BCUT2D eigenvalue weighted by molar-refractivity contribution is 0.201. The molecule has 0 heterocycles. The molecule has 0 N–H and O–H groups in total. The molecule has 0 unspecified atom stereocenters. The van der Waals surface area contributed by atoms with Crippen molar-refractivity contribution in [1.29, 1.82) is 0 Å². The van der Waals surface area contributed by atoms with Crippen LogP contribution in [0.2, 0.25) is 0 Å². The van der Waals surface area contributed by atoms with Crippen LogP contribution < -0.4 is 0 Å². The lowest BCUT2D eigenvalue weighted by Crippen LogP contribution is -2.53. The molecular weight excluding hydrogens is 746 g/mol. The Balaban J connectivity index is 1.79. The highest BCUT2D eigenvalue weighted by Gasteiger charge is 2.91. The molecule has 6 rings (SSSR count). The molecule has 178 valence electrons. The first-order chi connectivity index (χ1) is 15.0. The average molecular weight is 753 g/mol. The highest BCUT2D eigenvalue weighted by Crippen LogP contribution is 2.88. The van der Waals surface area contributed by atoms with E-state index in [1.165, 1.54) is 0 Å². The van der Waals surface area contributed by atoms with Crippen molar-refractivity contribution >= 4 is 155 Å². The summed E-state index contributed by atoms with van der Waals surface area (Å²) in [5.74, 6) is -2.65. The van der Waals surface area contributed by atoms with Gasteiger partial charge in [-0.25, -0.2) is 0 Å². The Kier molecular flexibility index (Phi) is 5.53. The average Bonchev–Trinajstić information content (AvgIpc) is 3.08. The first-order valence-corrected chi connectivity index (χ1v) is 14.8. The van der Waals surface area contributed by atoms with Crippen molar-refractivity contribution in [3.8, 4) is 0 Å². The fourth-order valence-corrected chi connectivity index (χ4v) is 13.3. The molecule has 1 aromatic rings. The zero-order valence-electron chi connectivity index (χ0n) is 15.5. The Hall–Kier alpha value is 2.66. The standard InChI is InChI=1S/C20H7BrCl12/c21-4-1-2-5-6(3-4)8-10(18(29)14(25)12(23)16(8,27)20(18,32)33)9-7(5)15(26)11(22)13(24)17(9,28)19(15,30)31/h1-3,7-10H/t7-,8-,9+,10-,15+,16-,17-,18+/m1/s1. The third kappa shape index (κ3) is 2.27. The van der Waals surface area contributed by atoms with Crippen molar-refractivity contribution in [2.45, 2.75) is 40.0 Å². The number of rotatable bonds is 0. The zero-order valence-corrected chi connectivity index (χ0v) is 26.1. The Bertz CT molecular complexity index is 1240. The van der Waals surface area contributed by atoms with E-state index >= 15 is 0 Å². The maximum Gasteiger partial charge on any atom is 0.167 e. The van der Waals surface area contributed by atoms with E-state index in [1.54, 1.807) is 0 Å². The van der Waals surface area contributed by atoms with E-state index in [9.17, 15) is 0 Å². The van der Waals surface area contributed by atoms with E-state index in [1.807, 2.05) is 18.2 Å². The summed E-state index contributed by atoms with van der Waals surface area (Å²) in [4.78, 5) is -6.42. The van der Waals surface area contributed by atoms with E-state index in [4.69, 9.17) is 139 Å². The van der Waals surface area contributed by atoms with Gasteiger partial charge in [0, 0.05) is 28.1 Å². The number of hydrogen-bond donors (Lipinski definition) is 0. The van der Waals surface area contributed by atoms with Crippen LogP contribution in [-0.2, 0) is 0 Å². The van der Waals surface area contributed by atoms with Gasteiger partial charge in [-0.2, -0.15) is 0 Å². The second kappa shape index (κ2) is 7.04. The second-order valence-corrected chi connectivity index (χ2v) is 16.5. The van der Waals surface area contributed by atoms with Crippen LogP contribution in [0.3, 0.4) is 0 Å². The maximum atomic E-state index is 7.28. The molecule has 2 saturated carbocycles. The predicted octanol–water partition coefficient (Wildman–Crippen LogP) is 10.6. The summed E-state index contributed by atoms with van der Waals surface area (Å²) in [7, 11) is 0. The molecule has 13 heteroatoms. The largest absolute Gasteiger partial charge is 0.167 e. The van der Waals surface area contributed by atoms with Gasteiger partial charge in [0.2, 0.25) is 0 Å². The van der Waals surface area contributed by atoms with Crippen LogP contribution in [0.1, 0.15) is 23.0 Å². The smallest absolute Gasteiger partial charge is 0.109 e. The van der Waals surface area contributed by atoms with Crippen molar-refractivity contribution in [2.75, 3.05) is 0 Å². The SMILES string of the molecule is ClC1=C(Cl)[C@]2(Cl)[C@@H]3[C@H]4[C@@H](c5cc(Br)ccc5[C@H]3[C@@]1(Cl)C2(Cl)Cl)[C@@]1(Cl)C(Cl)=C(Cl)[C@]4(Cl)C1(Cl)Cl. The molecule has 1 aromatic carbocycles. The van der Waals surface area contributed by atoms with Gasteiger partial charge in [0.05, 0.1) is 20.1 Å². The second-order valence-electron chi connectivity index (χ2n) is 9.03. The molecule has 0 aromatic heterocycles. The Morgan fingerprint density at radius 1 is 0.545 bits per heavy atom. The van der Waals surface area contributed by atoms with Crippen molar-refractivity contribution in [3.63, 3.8) is 0 Å². The minimum Gasteiger partial charge on any atom is -0.109 e. The molecule has 0 saturated heterocycles. The van der Waals surface area contributed by atoms with Gasteiger partial charge in [0.15, 0.2) is 8.67 Å². The molecule has 8 atom stereocenters. The number of hydrogen-bond acceptors (Lipinski definition) is 0. The van der Waals surface area contributed by atoms with Crippen molar-refractivity contribution in [1.82, 2.24) is 0 Å². The van der Waals surface area contributed by atoms with Crippen LogP contribution >= 0.6 is 155 Å². The minimum atomic E-state index is -1.82. The monoisotopic (exact) mass is 746 g/mol. The van der Waals surface area contributed by atoms with E-state index in [-0.39, 0.29) is 20.1 Å². The summed E-state index contributed by atoms with van der Waals surface area (Å²) >= 11 is 87.1. The van der Waals surface area contributed by atoms with E-state index in [0.717, 1.165) is 15.6 Å². The first kappa shape index (κ1) is 25.9. The lowest BCUT2D eigenvalue weighted by atomic mass is 9.57. The molecule has 0 nitrogen and oxygen atoms in total. The molecule has 0 spiro atoms. The molecule has 33 heavy (non-hydrogen) atoms. The van der Waals surface area contributed by atoms with Crippen LogP contribution in [0.5, 0.6) is 0 Å². The van der Waals surface area contributed by atoms with E-state index < -0.39 is 51.8 Å². The van der Waals surface area contributed by atoms with Crippen molar-refractivity contribution in [3.05, 3.63) is 53.9 Å². The maximum absolute atomic E-state index is 7.28. The molecule has 0 aliphatic heterocycles. The predicted molar refractivity (Wildman–Crippen MR) is 147 cm³/mol. The molecule has 0 amide bonds. The van der Waals surface area contributed by atoms with Gasteiger partial charge in [-0.05, 0) is 23.3 Å². The molecule has 0 radical (unpaired) electrons. The number of halogens is 13.